The lowest BCUT2D eigenvalue weighted by Gasteiger charge is -2.14. The number of aliphatic hydroxyl groups is 1. The standard InChI is InChI=1S/C13H16N2O3/c1-9-2-4-10(5-3-9)14-12(17)13(18)15-7-6-11(16)8-15/h2-5,11,16H,6-8H2,1H3,(H,14,17)/t11-/m0/s1. The molecule has 1 saturated heterocycles. The highest BCUT2D eigenvalue weighted by Crippen LogP contribution is 2.11. The van der Waals surface area contributed by atoms with Gasteiger partial charge in [0.15, 0.2) is 0 Å². The molecule has 2 N–H and O–H groups in total. The van der Waals surface area contributed by atoms with Crippen LogP contribution in [0.25, 0.3) is 0 Å². The van der Waals surface area contributed by atoms with Crippen molar-refractivity contribution in [2.75, 3.05) is 18.4 Å². The zero-order chi connectivity index (χ0) is 13.1. The van der Waals surface area contributed by atoms with Crippen LogP contribution in [0.4, 0.5) is 5.69 Å². The van der Waals surface area contributed by atoms with E-state index in [0.29, 0.717) is 18.7 Å². The van der Waals surface area contributed by atoms with Gasteiger partial charge in [-0.3, -0.25) is 9.59 Å². The molecule has 96 valence electrons. The van der Waals surface area contributed by atoms with E-state index in [0.717, 1.165) is 5.56 Å². The molecule has 1 aromatic rings. The highest BCUT2D eigenvalue weighted by Gasteiger charge is 2.28. The van der Waals surface area contributed by atoms with Crippen molar-refractivity contribution < 1.29 is 14.7 Å². The summed E-state index contributed by atoms with van der Waals surface area (Å²) in [6.07, 6.45) is 0.0185. The molecular weight excluding hydrogens is 232 g/mol. The van der Waals surface area contributed by atoms with Crippen LogP contribution in [-0.2, 0) is 9.59 Å². The Kier molecular flexibility index (Phi) is 3.62. The van der Waals surface area contributed by atoms with E-state index in [2.05, 4.69) is 5.32 Å². The quantitative estimate of drug-likeness (QED) is 0.712. The molecule has 1 heterocycles. The maximum absolute atomic E-state index is 11.8. The minimum Gasteiger partial charge on any atom is -0.391 e. The molecular formula is C13H16N2O3. The van der Waals surface area contributed by atoms with Gasteiger partial charge in [0.25, 0.3) is 0 Å². The zero-order valence-corrected chi connectivity index (χ0v) is 10.2. The second kappa shape index (κ2) is 5.18. The van der Waals surface area contributed by atoms with Crippen molar-refractivity contribution in [3.05, 3.63) is 29.8 Å². The molecule has 2 amide bonds. The molecule has 0 unspecified atom stereocenters. The van der Waals surface area contributed by atoms with Gasteiger partial charge in [-0.1, -0.05) is 17.7 Å². The lowest BCUT2D eigenvalue weighted by atomic mass is 10.2. The number of aryl methyl sites for hydroxylation is 1. The Morgan fingerprint density at radius 1 is 1.33 bits per heavy atom. The van der Waals surface area contributed by atoms with E-state index in [1.54, 1.807) is 12.1 Å². The number of rotatable bonds is 1. The maximum atomic E-state index is 11.8. The summed E-state index contributed by atoms with van der Waals surface area (Å²) in [7, 11) is 0. The minimum absolute atomic E-state index is 0.236. The van der Waals surface area contributed by atoms with Gasteiger partial charge in [-0.2, -0.15) is 0 Å². The molecule has 0 aromatic heterocycles. The van der Waals surface area contributed by atoms with Crippen molar-refractivity contribution >= 4 is 17.5 Å². The molecule has 5 nitrogen and oxygen atoms in total. The van der Waals surface area contributed by atoms with Crippen LogP contribution in [0, 0.1) is 6.92 Å². The van der Waals surface area contributed by atoms with Gasteiger partial charge in [-0.15, -0.1) is 0 Å². The van der Waals surface area contributed by atoms with Crippen molar-refractivity contribution in [2.45, 2.75) is 19.4 Å². The molecule has 0 bridgehead atoms. The first kappa shape index (κ1) is 12.6. The topological polar surface area (TPSA) is 69.6 Å². The summed E-state index contributed by atoms with van der Waals surface area (Å²) in [6.45, 7) is 2.61. The first-order valence-electron chi connectivity index (χ1n) is 5.91. The summed E-state index contributed by atoms with van der Waals surface area (Å²) in [6, 6.07) is 7.22. The molecule has 5 heteroatoms. The molecule has 1 aliphatic rings. The summed E-state index contributed by atoms with van der Waals surface area (Å²) >= 11 is 0. The molecule has 0 spiro atoms. The summed E-state index contributed by atoms with van der Waals surface area (Å²) in [5.41, 5.74) is 1.68. The highest BCUT2D eigenvalue weighted by molar-refractivity contribution is 6.39. The Hall–Kier alpha value is -1.88. The summed E-state index contributed by atoms with van der Waals surface area (Å²) in [5.74, 6) is -1.25. The van der Waals surface area contributed by atoms with E-state index in [1.165, 1.54) is 4.90 Å². The summed E-state index contributed by atoms with van der Waals surface area (Å²) in [5, 5.41) is 11.9. The Balaban J connectivity index is 1.95. The Bertz CT molecular complexity index is 456. The normalized spacial score (nSPS) is 18.8. The van der Waals surface area contributed by atoms with E-state index in [-0.39, 0.29) is 6.54 Å². The number of hydrogen-bond acceptors (Lipinski definition) is 3. The van der Waals surface area contributed by atoms with Gasteiger partial charge in [0.05, 0.1) is 6.10 Å². The summed E-state index contributed by atoms with van der Waals surface area (Å²) < 4.78 is 0. The van der Waals surface area contributed by atoms with Crippen LogP contribution in [0.3, 0.4) is 0 Å². The van der Waals surface area contributed by atoms with E-state index >= 15 is 0 Å². The van der Waals surface area contributed by atoms with Gasteiger partial charge in [0.1, 0.15) is 0 Å². The number of β-amino-alcohol motifs (C(OH)–C–C–N with tert-alkyl or cyclic N) is 1. The molecule has 1 atom stereocenters. The fourth-order valence-electron chi connectivity index (χ4n) is 1.89. The summed E-state index contributed by atoms with van der Waals surface area (Å²) in [4.78, 5) is 24.8. The molecule has 0 saturated carbocycles. The van der Waals surface area contributed by atoms with Gasteiger partial charge in [-0.25, -0.2) is 0 Å². The number of aliphatic hydroxyl groups excluding tert-OH is 1. The minimum atomic E-state index is -0.659. The Morgan fingerprint density at radius 3 is 2.56 bits per heavy atom. The van der Waals surface area contributed by atoms with Crippen LogP contribution in [0.5, 0.6) is 0 Å². The van der Waals surface area contributed by atoms with Gasteiger partial charge in [-0.05, 0) is 25.5 Å². The molecule has 1 aromatic carbocycles. The average Bonchev–Trinajstić information content (AvgIpc) is 2.78. The Labute approximate surface area is 105 Å². The fraction of sp³-hybridized carbons (Fsp3) is 0.385. The van der Waals surface area contributed by atoms with Gasteiger partial charge in [0.2, 0.25) is 0 Å². The third-order valence-electron chi connectivity index (χ3n) is 2.95. The van der Waals surface area contributed by atoms with Gasteiger partial charge in [0, 0.05) is 18.8 Å². The SMILES string of the molecule is Cc1ccc(NC(=O)C(=O)N2CC[C@H](O)C2)cc1. The van der Waals surface area contributed by atoms with E-state index in [4.69, 9.17) is 0 Å². The predicted molar refractivity (Wildman–Crippen MR) is 67.0 cm³/mol. The second-order valence-electron chi connectivity index (χ2n) is 4.51. The zero-order valence-electron chi connectivity index (χ0n) is 10.2. The third-order valence-corrected chi connectivity index (χ3v) is 2.95. The van der Waals surface area contributed by atoms with Gasteiger partial charge >= 0.3 is 11.8 Å². The number of carbonyl (C=O) groups excluding carboxylic acids is 2. The van der Waals surface area contributed by atoms with Crippen LogP contribution in [0.2, 0.25) is 0 Å². The van der Waals surface area contributed by atoms with Crippen LogP contribution in [0.15, 0.2) is 24.3 Å². The largest absolute Gasteiger partial charge is 0.391 e. The van der Waals surface area contributed by atoms with Crippen molar-refractivity contribution in [2.24, 2.45) is 0 Å². The average molecular weight is 248 g/mol. The first-order chi connectivity index (χ1) is 8.56. The Morgan fingerprint density at radius 2 is 2.00 bits per heavy atom. The van der Waals surface area contributed by atoms with Crippen LogP contribution in [-0.4, -0.2) is 41.0 Å². The number of likely N-dealkylation sites (tertiary alicyclic amines) is 1. The second-order valence-corrected chi connectivity index (χ2v) is 4.51. The monoisotopic (exact) mass is 248 g/mol. The number of anilines is 1. The maximum Gasteiger partial charge on any atom is 0.313 e. The number of carbonyl (C=O) groups is 2. The lowest BCUT2D eigenvalue weighted by Crippen LogP contribution is -2.38. The predicted octanol–water partition coefficient (Wildman–Crippen LogP) is 0.527. The van der Waals surface area contributed by atoms with Crippen molar-refractivity contribution in [1.82, 2.24) is 4.90 Å². The number of benzene rings is 1. The molecule has 18 heavy (non-hydrogen) atoms. The number of nitrogens with zero attached hydrogens (tertiary/aromatic N) is 1. The molecule has 1 fully saturated rings. The number of hydrogen-bond donors (Lipinski definition) is 2. The van der Waals surface area contributed by atoms with Crippen molar-refractivity contribution in [3.8, 4) is 0 Å². The van der Waals surface area contributed by atoms with Crippen LogP contribution < -0.4 is 5.32 Å². The van der Waals surface area contributed by atoms with Crippen LogP contribution >= 0.6 is 0 Å². The smallest absolute Gasteiger partial charge is 0.313 e. The van der Waals surface area contributed by atoms with E-state index < -0.39 is 17.9 Å². The first-order valence-corrected chi connectivity index (χ1v) is 5.91. The van der Waals surface area contributed by atoms with Crippen molar-refractivity contribution in [1.29, 1.82) is 0 Å². The molecule has 1 aliphatic heterocycles. The molecule has 0 radical (unpaired) electrons. The highest BCUT2D eigenvalue weighted by atomic mass is 16.3. The number of amides is 2. The fourth-order valence-corrected chi connectivity index (χ4v) is 1.89. The van der Waals surface area contributed by atoms with Crippen LogP contribution in [0.1, 0.15) is 12.0 Å². The van der Waals surface area contributed by atoms with E-state index in [9.17, 15) is 14.7 Å². The lowest BCUT2D eigenvalue weighted by molar-refractivity contribution is -0.142. The van der Waals surface area contributed by atoms with Gasteiger partial charge < -0.3 is 15.3 Å². The molecule has 0 aliphatic carbocycles. The number of nitrogens with one attached hydrogen (secondary N) is 1. The third kappa shape index (κ3) is 2.87. The van der Waals surface area contributed by atoms with Crippen molar-refractivity contribution in [3.63, 3.8) is 0 Å². The molecule has 2 rings (SSSR count). The van der Waals surface area contributed by atoms with E-state index in [1.807, 2.05) is 19.1 Å².